The predicted molar refractivity (Wildman–Crippen MR) is 80.8 cm³/mol. The van der Waals surface area contributed by atoms with Crippen LogP contribution in [0.15, 0.2) is 42.5 Å². The van der Waals surface area contributed by atoms with E-state index in [4.69, 9.17) is 4.74 Å². The standard InChI is InChI=1S/C16H16N2O5/c1-16(13-8-12(19)6-7-14(13)20)17-9-15(23-16)10-2-4-11(5-3-10)18(21)22/h2-8,15,17,19-20H,9H2,1H3/p+1/t15-,16+/m0/s1. The van der Waals surface area contributed by atoms with Gasteiger partial charge in [0.15, 0.2) is 0 Å². The molecule has 1 fully saturated rings. The Kier molecular flexibility index (Phi) is 3.67. The van der Waals surface area contributed by atoms with E-state index in [2.05, 4.69) is 0 Å². The first-order valence-corrected chi connectivity index (χ1v) is 7.18. The van der Waals surface area contributed by atoms with Crippen LogP contribution in [-0.4, -0.2) is 21.7 Å². The number of nitro groups is 1. The van der Waals surface area contributed by atoms with E-state index in [-0.39, 0.29) is 23.3 Å². The molecule has 0 amide bonds. The molecule has 0 bridgehead atoms. The molecule has 23 heavy (non-hydrogen) atoms. The quantitative estimate of drug-likeness (QED) is 0.451. The highest BCUT2D eigenvalue weighted by Crippen LogP contribution is 2.36. The molecule has 4 N–H and O–H groups in total. The third-order valence-electron chi connectivity index (χ3n) is 4.10. The zero-order chi connectivity index (χ0) is 16.6. The van der Waals surface area contributed by atoms with E-state index in [0.717, 1.165) is 5.56 Å². The Labute approximate surface area is 132 Å². The summed E-state index contributed by atoms with van der Waals surface area (Å²) < 4.78 is 6.06. The Bertz CT molecular complexity index is 747. The number of hydrogen-bond acceptors (Lipinski definition) is 5. The van der Waals surface area contributed by atoms with Gasteiger partial charge < -0.3 is 20.3 Å². The molecule has 0 unspecified atom stereocenters. The fraction of sp³-hybridized carbons (Fsp3) is 0.250. The predicted octanol–water partition coefficient (Wildman–Crippen LogP) is 1.51. The molecule has 2 atom stereocenters. The fourth-order valence-electron chi connectivity index (χ4n) is 2.83. The summed E-state index contributed by atoms with van der Waals surface area (Å²) in [7, 11) is 0. The Morgan fingerprint density at radius 1 is 1.26 bits per heavy atom. The van der Waals surface area contributed by atoms with Gasteiger partial charge in [-0.15, -0.1) is 0 Å². The molecule has 0 saturated carbocycles. The van der Waals surface area contributed by atoms with Crippen molar-refractivity contribution in [2.24, 2.45) is 0 Å². The molecule has 1 saturated heterocycles. The van der Waals surface area contributed by atoms with Gasteiger partial charge in [0.2, 0.25) is 5.72 Å². The van der Waals surface area contributed by atoms with Gasteiger partial charge in [0, 0.05) is 19.1 Å². The Morgan fingerprint density at radius 2 is 1.96 bits per heavy atom. The van der Waals surface area contributed by atoms with E-state index in [1.165, 1.54) is 30.3 Å². The molecule has 1 aliphatic rings. The highest BCUT2D eigenvalue weighted by atomic mass is 16.6. The number of rotatable bonds is 3. The van der Waals surface area contributed by atoms with Gasteiger partial charge in [0.1, 0.15) is 24.1 Å². The van der Waals surface area contributed by atoms with Crippen molar-refractivity contribution in [2.75, 3.05) is 6.54 Å². The second-order valence-electron chi connectivity index (χ2n) is 5.70. The first-order valence-electron chi connectivity index (χ1n) is 7.18. The van der Waals surface area contributed by atoms with Gasteiger partial charge in [0.05, 0.1) is 10.5 Å². The molecule has 3 rings (SSSR count). The van der Waals surface area contributed by atoms with Gasteiger partial charge in [-0.3, -0.25) is 10.1 Å². The monoisotopic (exact) mass is 317 g/mol. The van der Waals surface area contributed by atoms with Crippen LogP contribution in [0.25, 0.3) is 0 Å². The lowest BCUT2D eigenvalue weighted by Gasteiger charge is -2.22. The van der Waals surface area contributed by atoms with Crippen LogP contribution in [0.2, 0.25) is 0 Å². The maximum atomic E-state index is 10.7. The van der Waals surface area contributed by atoms with Gasteiger partial charge in [-0.1, -0.05) is 0 Å². The first-order chi connectivity index (χ1) is 10.9. The molecule has 7 heteroatoms. The van der Waals surface area contributed by atoms with E-state index in [0.29, 0.717) is 12.1 Å². The molecule has 2 aromatic rings. The SMILES string of the molecule is C[C@@]1(c2cc(O)ccc2O)[NH2+]C[C@@H](c2ccc([N+](=O)[O-])cc2)O1. The van der Waals surface area contributed by atoms with Crippen LogP contribution in [0.4, 0.5) is 5.69 Å². The number of phenolic OH excluding ortho intramolecular Hbond substituents is 2. The van der Waals surface area contributed by atoms with E-state index in [1.54, 1.807) is 12.1 Å². The van der Waals surface area contributed by atoms with Crippen LogP contribution >= 0.6 is 0 Å². The lowest BCUT2D eigenvalue weighted by Crippen LogP contribution is -2.91. The summed E-state index contributed by atoms with van der Waals surface area (Å²) in [5.41, 5.74) is 0.510. The lowest BCUT2D eigenvalue weighted by molar-refractivity contribution is -0.740. The van der Waals surface area contributed by atoms with Gasteiger partial charge in [-0.25, -0.2) is 0 Å². The van der Waals surface area contributed by atoms with Crippen molar-refractivity contribution in [3.63, 3.8) is 0 Å². The molecule has 1 heterocycles. The number of nitrogens with zero attached hydrogens (tertiary/aromatic N) is 1. The summed E-state index contributed by atoms with van der Waals surface area (Å²) in [5, 5.41) is 32.3. The van der Waals surface area contributed by atoms with Crippen molar-refractivity contribution in [2.45, 2.75) is 18.8 Å². The normalized spacial score (nSPS) is 23.8. The van der Waals surface area contributed by atoms with Crippen molar-refractivity contribution >= 4 is 5.69 Å². The highest BCUT2D eigenvalue weighted by Gasteiger charge is 2.44. The zero-order valence-electron chi connectivity index (χ0n) is 12.5. The number of ether oxygens (including phenoxy) is 1. The number of nitro benzene ring substituents is 1. The van der Waals surface area contributed by atoms with Crippen LogP contribution in [0, 0.1) is 10.1 Å². The second-order valence-corrected chi connectivity index (χ2v) is 5.70. The minimum absolute atomic E-state index is 0.0316. The van der Waals surface area contributed by atoms with Crippen molar-refractivity contribution in [1.29, 1.82) is 0 Å². The number of non-ortho nitro benzene ring substituents is 1. The summed E-state index contributed by atoms with van der Waals surface area (Å²) in [6.07, 6.45) is -0.262. The molecule has 0 spiro atoms. The Balaban J connectivity index is 1.84. The Morgan fingerprint density at radius 3 is 2.61 bits per heavy atom. The van der Waals surface area contributed by atoms with Gasteiger partial charge in [-0.05, 0) is 35.9 Å². The van der Waals surface area contributed by atoms with Crippen LogP contribution in [-0.2, 0) is 10.5 Å². The van der Waals surface area contributed by atoms with Crippen molar-refractivity contribution in [3.05, 3.63) is 63.7 Å². The van der Waals surface area contributed by atoms with Gasteiger partial charge in [-0.2, -0.15) is 0 Å². The second kappa shape index (κ2) is 5.53. The lowest BCUT2D eigenvalue weighted by atomic mass is 10.0. The van der Waals surface area contributed by atoms with E-state index in [1.807, 2.05) is 12.2 Å². The first kappa shape index (κ1) is 15.3. The van der Waals surface area contributed by atoms with Gasteiger partial charge in [0.25, 0.3) is 5.69 Å². The summed E-state index contributed by atoms with van der Waals surface area (Å²) >= 11 is 0. The zero-order valence-corrected chi connectivity index (χ0v) is 12.5. The number of phenols is 2. The maximum absolute atomic E-state index is 10.7. The molecule has 0 aromatic heterocycles. The molecule has 2 aromatic carbocycles. The number of aromatic hydroxyl groups is 2. The number of hydrogen-bond donors (Lipinski definition) is 3. The van der Waals surface area contributed by atoms with Crippen molar-refractivity contribution < 1.29 is 25.2 Å². The third kappa shape index (κ3) is 2.84. The minimum atomic E-state index is -0.838. The summed E-state index contributed by atoms with van der Waals surface area (Å²) in [6, 6.07) is 10.5. The molecule has 7 nitrogen and oxygen atoms in total. The average molecular weight is 317 g/mol. The van der Waals surface area contributed by atoms with Gasteiger partial charge >= 0.3 is 0 Å². The molecular formula is C16H17N2O5+. The maximum Gasteiger partial charge on any atom is 0.269 e. The Hall–Kier alpha value is -2.64. The molecule has 0 aliphatic carbocycles. The van der Waals surface area contributed by atoms with Crippen molar-refractivity contribution in [3.8, 4) is 11.5 Å². The molecule has 0 radical (unpaired) electrons. The van der Waals surface area contributed by atoms with Crippen LogP contribution in [0.3, 0.4) is 0 Å². The van der Waals surface area contributed by atoms with Crippen LogP contribution in [0.1, 0.15) is 24.2 Å². The largest absolute Gasteiger partial charge is 0.508 e. The number of quaternary nitrogens is 1. The van der Waals surface area contributed by atoms with Crippen molar-refractivity contribution in [1.82, 2.24) is 0 Å². The van der Waals surface area contributed by atoms with Crippen LogP contribution in [0.5, 0.6) is 11.5 Å². The van der Waals surface area contributed by atoms with E-state index < -0.39 is 10.6 Å². The molecule has 120 valence electrons. The average Bonchev–Trinajstić information content (AvgIpc) is 2.93. The highest BCUT2D eigenvalue weighted by molar-refractivity contribution is 5.41. The number of benzene rings is 2. The minimum Gasteiger partial charge on any atom is -0.508 e. The van der Waals surface area contributed by atoms with Crippen LogP contribution < -0.4 is 5.32 Å². The number of nitrogens with two attached hydrogens (primary N) is 1. The van der Waals surface area contributed by atoms with E-state index in [9.17, 15) is 20.3 Å². The topological polar surface area (TPSA) is 109 Å². The molecular weight excluding hydrogens is 300 g/mol. The molecule has 1 aliphatic heterocycles. The fourth-order valence-corrected chi connectivity index (χ4v) is 2.83. The summed E-state index contributed by atoms with van der Waals surface area (Å²) in [6.45, 7) is 2.41. The smallest absolute Gasteiger partial charge is 0.269 e. The van der Waals surface area contributed by atoms with E-state index >= 15 is 0 Å². The third-order valence-corrected chi connectivity index (χ3v) is 4.10. The summed E-state index contributed by atoms with van der Waals surface area (Å²) in [4.78, 5) is 10.3. The summed E-state index contributed by atoms with van der Waals surface area (Å²) in [5.74, 6) is 0.0979.